The van der Waals surface area contributed by atoms with Crippen molar-refractivity contribution >= 4 is 16.6 Å². The Morgan fingerprint density at radius 2 is 1.81 bits per heavy atom. The molecule has 2 aromatic carbocycles. The highest BCUT2D eigenvalue weighted by Gasteiger charge is 2.21. The first kappa shape index (κ1) is 14.9. The van der Waals surface area contributed by atoms with Crippen molar-refractivity contribution in [1.82, 2.24) is 14.0 Å². The molecule has 0 aliphatic carbocycles. The molecule has 0 aliphatic heterocycles. The van der Waals surface area contributed by atoms with Crippen molar-refractivity contribution in [1.29, 1.82) is 0 Å². The molecule has 0 saturated carbocycles. The minimum Gasteiger partial charge on any atom is -0.308 e. The van der Waals surface area contributed by atoms with Gasteiger partial charge in [0, 0.05) is 17.8 Å². The average Bonchev–Trinajstić information content (AvgIpc) is 3.26. The topological polar surface area (TPSA) is 26.1 Å². The number of benzene rings is 2. The summed E-state index contributed by atoms with van der Waals surface area (Å²) in [6, 6.07) is 18.9. The monoisotopic (exact) mass is 339 g/mol. The molecule has 126 valence electrons. The number of rotatable bonds is 2. The van der Waals surface area contributed by atoms with Gasteiger partial charge in [0.05, 0.1) is 18.1 Å². The first-order chi connectivity index (χ1) is 12.7. The number of nitrogens with zero attached hydrogens (tertiary/aromatic N) is 4. The van der Waals surface area contributed by atoms with E-state index < -0.39 is 0 Å². The maximum Gasteiger partial charge on any atom is 0.294 e. The second-order valence-corrected chi connectivity index (χ2v) is 6.68. The van der Waals surface area contributed by atoms with Crippen LogP contribution in [0.4, 0.5) is 0 Å². The van der Waals surface area contributed by atoms with E-state index in [2.05, 4.69) is 82.5 Å². The first-order valence-electron chi connectivity index (χ1n) is 8.71. The normalized spacial score (nSPS) is 11.5. The molecule has 4 nitrogen and oxygen atoms in total. The molecular formula is C22H19N4+. The van der Waals surface area contributed by atoms with Gasteiger partial charge in [-0.3, -0.25) is 0 Å². The molecule has 26 heavy (non-hydrogen) atoms. The van der Waals surface area contributed by atoms with E-state index in [9.17, 15) is 0 Å². The van der Waals surface area contributed by atoms with E-state index in [-0.39, 0.29) is 0 Å². The van der Waals surface area contributed by atoms with Crippen LogP contribution in [0.1, 0.15) is 5.56 Å². The molecule has 0 fully saturated rings. The van der Waals surface area contributed by atoms with Gasteiger partial charge in [-0.15, -0.1) is 0 Å². The van der Waals surface area contributed by atoms with Crippen LogP contribution in [0.5, 0.6) is 0 Å². The second-order valence-electron chi connectivity index (χ2n) is 6.68. The number of para-hydroxylation sites is 1. The van der Waals surface area contributed by atoms with Gasteiger partial charge < -0.3 is 4.40 Å². The van der Waals surface area contributed by atoms with Crippen molar-refractivity contribution in [2.45, 2.75) is 6.92 Å². The van der Waals surface area contributed by atoms with Crippen LogP contribution >= 0.6 is 0 Å². The minimum absolute atomic E-state index is 0.975. The average molecular weight is 339 g/mol. The number of hydrogen-bond acceptors (Lipinski definition) is 1. The van der Waals surface area contributed by atoms with Gasteiger partial charge in [-0.1, -0.05) is 18.2 Å². The molecule has 0 spiro atoms. The Kier molecular flexibility index (Phi) is 3.19. The SMILES string of the molecule is Cc1cc2nc3cccn3cc2cc1-c1n(-c2ccccc2)cc[n+]1C. The molecule has 0 amide bonds. The van der Waals surface area contributed by atoms with E-state index in [0.717, 1.165) is 28.1 Å². The van der Waals surface area contributed by atoms with Crippen LogP contribution in [-0.2, 0) is 7.05 Å². The van der Waals surface area contributed by atoms with Crippen molar-refractivity contribution in [3.05, 3.63) is 84.9 Å². The lowest BCUT2D eigenvalue weighted by atomic mass is 10.0. The summed E-state index contributed by atoms with van der Waals surface area (Å²) in [5.41, 5.74) is 5.58. The van der Waals surface area contributed by atoms with Crippen LogP contribution in [0.2, 0.25) is 0 Å². The maximum absolute atomic E-state index is 4.77. The third-order valence-corrected chi connectivity index (χ3v) is 4.92. The van der Waals surface area contributed by atoms with Crippen LogP contribution in [0.15, 0.2) is 79.4 Å². The summed E-state index contributed by atoms with van der Waals surface area (Å²) in [5.74, 6) is 1.16. The fraction of sp³-hybridized carbons (Fsp3) is 0.0909. The van der Waals surface area contributed by atoms with Crippen LogP contribution in [0.3, 0.4) is 0 Å². The summed E-state index contributed by atoms with van der Waals surface area (Å²) in [6.07, 6.45) is 8.39. The van der Waals surface area contributed by atoms with E-state index in [1.807, 2.05) is 24.4 Å². The zero-order chi connectivity index (χ0) is 17.7. The summed E-state index contributed by atoms with van der Waals surface area (Å²) in [5, 5.41) is 1.13. The molecular weight excluding hydrogens is 320 g/mol. The third kappa shape index (κ3) is 2.23. The van der Waals surface area contributed by atoms with Crippen molar-refractivity contribution in [2.24, 2.45) is 7.05 Å². The number of imidazole rings is 1. The van der Waals surface area contributed by atoms with Crippen molar-refractivity contribution in [3.63, 3.8) is 0 Å². The maximum atomic E-state index is 4.77. The van der Waals surface area contributed by atoms with Crippen LogP contribution < -0.4 is 4.57 Å². The summed E-state index contributed by atoms with van der Waals surface area (Å²) < 4.78 is 6.47. The van der Waals surface area contributed by atoms with Crippen molar-refractivity contribution < 1.29 is 4.57 Å². The first-order valence-corrected chi connectivity index (χ1v) is 8.71. The molecule has 5 rings (SSSR count). The highest BCUT2D eigenvalue weighted by molar-refractivity contribution is 5.86. The zero-order valence-electron chi connectivity index (χ0n) is 14.8. The Morgan fingerprint density at radius 1 is 0.962 bits per heavy atom. The van der Waals surface area contributed by atoms with Gasteiger partial charge in [-0.05, 0) is 48.9 Å². The number of fused-ring (bicyclic) bond motifs is 2. The molecule has 3 heterocycles. The lowest BCUT2D eigenvalue weighted by Crippen LogP contribution is -2.29. The van der Waals surface area contributed by atoms with E-state index in [0.29, 0.717) is 0 Å². The van der Waals surface area contributed by atoms with Crippen LogP contribution in [0, 0.1) is 6.92 Å². The molecule has 0 unspecified atom stereocenters. The van der Waals surface area contributed by atoms with Gasteiger partial charge in [0.2, 0.25) is 0 Å². The van der Waals surface area contributed by atoms with E-state index >= 15 is 0 Å². The molecule has 0 saturated heterocycles. The van der Waals surface area contributed by atoms with Crippen LogP contribution in [0.25, 0.3) is 33.6 Å². The molecule has 0 bridgehead atoms. The summed E-state index contributed by atoms with van der Waals surface area (Å²) in [4.78, 5) is 4.77. The van der Waals surface area contributed by atoms with Crippen molar-refractivity contribution in [2.75, 3.05) is 0 Å². The Hall–Kier alpha value is -3.40. The summed E-state index contributed by atoms with van der Waals surface area (Å²) in [6.45, 7) is 2.15. The van der Waals surface area contributed by atoms with Gasteiger partial charge >= 0.3 is 0 Å². The third-order valence-electron chi connectivity index (χ3n) is 4.92. The van der Waals surface area contributed by atoms with E-state index in [4.69, 9.17) is 4.98 Å². The summed E-state index contributed by atoms with van der Waals surface area (Å²) in [7, 11) is 2.09. The van der Waals surface area contributed by atoms with Gasteiger partial charge in [-0.25, -0.2) is 9.55 Å². The lowest BCUT2D eigenvalue weighted by molar-refractivity contribution is -0.659. The molecule has 4 heteroatoms. The molecule has 0 N–H and O–H groups in total. The highest BCUT2D eigenvalue weighted by atomic mass is 15.1. The van der Waals surface area contributed by atoms with E-state index in [1.54, 1.807) is 0 Å². The van der Waals surface area contributed by atoms with Gasteiger partial charge in [0.15, 0.2) is 0 Å². The predicted octanol–water partition coefficient (Wildman–Crippen LogP) is 4.08. The molecule has 0 atom stereocenters. The van der Waals surface area contributed by atoms with Gasteiger partial charge in [0.25, 0.3) is 5.82 Å². The zero-order valence-corrected chi connectivity index (χ0v) is 14.8. The number of aromatic nitrogens is 4. The molecule has 5 aromatic rings. The molecule has 0 aliphatic rings. The molecule has 3 aromatic heterocycles. The second kappa shape index (κ2) is 5.56. The standard InChI is InChI=1S/C22H19N4/c1-16-13-20-17(15-25-10-6-9-21(25)23-20)14-19(16)22-24(2)11-12-26(22)18-7-4-3-5-8-18/h3-15H,1-2H3/q+1. The van der Waals surface area contributed by atoms with Gasteiger partial charge in [0.1, 0.15) is 23.7 Å². The smallest absolute Gasteiger partial charge is 0.294 e. The predicted molar refractivity (Wildman–Crippen MR) is 103 cm³/mol. The highest BCUT2D eigenvalue weighted by Crippen LogP contribution is 2.28. The minimum atomic E-state index is 0.975. The van der Waals surface area contributed by atoms with Crippen LogP contribution in [-0.4, -0.2) is 14.0 Å². The lowest BCUT2D eigenvalue weighted by Gasteiger charge is -2.08. The van der Waals surface area contributed by atoms with E-state index in [1.165, 1.54) is 11.1 Å². The fourth-order valence-corrected chi connectivity index (χ4v) is 3.61. The Bertz CT molecular complexity index is 1250. The Morgan fingerprint density at radius 3 is 2.65 bits per heavy atom. The quantitative estimate of drug-likeness (QED) is 0.445. The fourth-order valence-electron chi connectivity index (χ4n) is 3.61. The summed E-state index contributed by atoms with van der Waals surface area (Å²) >= 11 is 0. The number of hydrogen-bond donors (Lipinski definition) is 0. The van der Waals surface area contributed by atoms with Crippen molar-refractivity contribution in [3.8, 4) is 17.1 Å². The van der Waals surface area contributed by atoms with Gasteiger partial charge in [-0.2, -0.15) is 4.57 Å². The molecule has 0 radical (unpaired) electrons. The largest absolute Gasteiger partial charge is 0.308 e. The Labute approximate surface area is 151 Å². The Balaban J connectivity index is 1.78. The number of aryl methyl sites for hydroxylation is 2.